The van der Waals surface area contributed by atoms with E-state index in [1.165, 1.54) is 17.5 Å². The molecule has 0 radical (unpaired) electrons. The quantitative estimate of drug-likeness (QED) is 0.895. The van der Waals surface area contributed by atoms with Crippen LogP contribution in [-0.4, -0.2) is 17.3 Å². The zero-order chi connectivity index (χ0) is 13.4. The highest BCUT2D eigenvalue weighted by Crippen LogP contribution is 2.39. The van der Waals surface area contributed by atoms with Crippen molar-refractivity contribution in [1.82, 2.24) is 10.2 Å². The summed E-state index contributed by atoms with van der Waals surface area (Å²) in [5, 5.41) is 8.27. The van der Waals surface area contributed by atoms with Crippen molar-refractivity contribution >= 4 is 5.82 Å². The van der Waals surface area contributed by atoms with Gasteiger partial charge in [-0.3, -0.25) is 0 Å². The average Bonchev–Trinajstić information content (AvgIpc) is 2.86. The average molecular weight is 255 g/mol. The molecule has 2 aromatic rings. The molecule has 4 nitrogen and oxygen atoms in total. The van der Waals surface area contributed by atoms with E-state index in [-0.39, 0.29) is 0 Å². The predicted octanol–water partition coefficient (Wildman–Crippen LogP) is 2.53. The second-order valence-electron chi connectivity index (χ2n) is 4.93. The molecule has 98 valence electrons. The van der Waals surface area contributed by atoms with Crippen molar-refractivity contribution in [3.05, 3.63) is 34.9 Å². The second-order valence-corrected chi connectivity index (χ2v) is 4.93. The Balaban J connectivity index is 2.26. The fraction of sp³-hybridized carbons (Fsp3) is 0.333. The van der Waals surface area contributed by atoms with E-state index in [4.69, 9.17) is 10.5 Å². The number of ether oxygens (including phenoxy) is 1. The normalized spacial score (nSPS) is 13.4. The van der Waals surface area contributed by atoms with Crippen LogP contribution >= 0.6 is 0 Å². The highest BCUT2D eigenvalue weighted by atomic mass is 16.5. The van der Waals surface area contributed by atoms with Crippen LogP contribution in [0.3, 0.4) is 0 Å². The molecule has 0 saturated heterocycles. The van der Waals surface area contributed by atoms with Gasteiger partial charge in [0.25, 0.3) is 0 Å². The molecule has 2 N–H and O–H groups in total. The molecule has 1 aromatic carbocycles. The lowest BCUT2D eigenvalue weighted by molar-refractivity contribution is 0.416. The molecule has 0 unspecified atom stereocenters. The summed E-state index contributed by atoms with van der Waals surface area (Å²) >= 11 is 0. The van der Waals surface area contributed by atoms with Gasteiger partial charge in [-0.2, -0.15) is 0 Å². The summed E-state index contributed by atoms with van der Waals surface area (Å²) in [4.78, 5) is 0. The highest BCUT2D eigenvalue weighted by molar-refractivity contribution is 5.75. The van der Waals surface area contributed by atoms with Crippen molar-refractivity contribution < 1.29 is 4.74 Å². The Hall–Kier alpha value is -2.10. The molecular formula is C15H17N3O. The van der Waals surface area contributed by atoms with Crippen LogP contribution in [0.5, 0.6) is 5.75 Å². The third kappa shape index (κ3) is 1.93. The predicted molar refractivity (Wildman–Crippen MR) is 75.2 cm³/mol. The molecule has 1 aromatic heterocycles. The van der Waals surface area contributed by atoms with Crippen LogP contribution in [0.15, 0.2) is 18.2 Å². The van der Waals surface area contributed by atoms with Crippen molar-refractivity contribution in [3.8, 4) is 17.0 Å². The van der Waals surface area contributed by atoms with Gasteiger partial charge in [0.05, 0.1) is 7.11 Å². The zero-order valence-corrected chi connectivity index (χ0v) is 11.2. The van der Waals surface area contributed by atoms with Crippen molar-refractivity contribution in [1.29, 1.82) is 0 Å². The van der Waals surface area contributed by atoms with Gasteiger partial charge in [0, 0.05) is 5.56 Å². The molecule has 0 saturated carbocycles. The van der Waals surface area contributed by atoms with Crippen LogP contribution in [0.1, 0.15) is 23.1 Å². The lowest BCUT2D eigenvalue weighted by Gasteiger charge is -2.14. The first-order valence-corrected chi connectivity index (χ1v) is 6.49. The maximum atomic E-state index is 5.68. The number of nitrogen functional groups attached to an aromatic ring is 1. The summed E-state index contributed by atoms with van der Waals surface area (Å²) in [6.45, 7) is 2.01. The summed E-state index contributed by atoms with van der Waals surface area (Å²) in [6, 6.07) is 6.04. The molecule has 0 aliphatic heterocycles. The van der Waals surface area contributed by atoms with Gasteiger partial charge in [0.1, 0.15) is 17.3 Å². The van der Waals surface area contributed by atoms with Gasteiger partial charge in [-0.1, -0.05) is 6.07 Å². The molecular weight excluding hydrogens is 238 g/mol. The first kappa shape index (κ1) is 12.0. The first-order chi connectivity index (χ1) is 9.20. The summed E-state index contributed by atoms with van der Waals surface area (Å²) in [6.07, 6.45) is 3.40. The SMILES string of the molecule is COc1ccc2c(c1-c1nnc(N)cc1C)CCC2. The van der Waals surface area contributed by atoms with Gasteiger partial charge < -0.3 is 10.5 Å². The lowest BCUT2D eigenvalue weighted by atomic mass is 9.97. The van der Waals surface area contributed by atoms with E-state index in [2.05, 4.69) is 16.3 Å². The summed E-state index contributed by atoms with van der Waals surface area (Å²) in [7, 11) is 1.69. The van der Waals surface area contributed by atoms with Crippen LogP contribution in [-0.2, 0) is 12.8 Å². The van der Waals surface area contributed by atoms with Crippen molar-refractivity contribution in [3.63, 3.8) is 0 Å². The number of nitrogens with two attached hydrogens (primary N) is 1. The zero-order valence-electron chi connectivity index (χ0n) is 11.2. The van der Waals surface area contributed by atoms with E-state index in [1.807, 2.05) is 19.1 Å². The van der Waals surface area contributed by atoms with E-state index >= 15 is 0 Å². The minimum atomic E-state index is 0.452. The van der Waals surface area contributed by atoms with E-state index in [1.54, 1.807) is 7.11 Å². The van der Waals surface area contributed by atoms with Crippen molar-refractivity contribution in [2.75, 3.05) is 12.8 Å². The molecule has 1 aliphatic rings. The molecule has 3 rings (SSSR count). The Morgan fingerprint density at radius 3 is 2.79 bits per heavy atom. The van der Waals surface area contributed by atoms with Gasteiger partial charge in [0.15, 0.2) is 0 Å². The van der Waals surface area contributed by atoms with E-state index in [0.29, 0.717) is 5.82 Å². The number of benzene rings is 1. The second kappa shape index (κ2) is 4.53. The molecule has 0 spiro atoms. The van der Waals surface area contributed by atoms with E-state index in [9.17, 15) is 0 Å². The Kier molecular flexibility index (Phi) is 2.85. The van der Waals surface area contributed by atoms with Crippen LogP contribution in [0.4, 0.5) is 5.82 Å². The highest BCUT2D eigenvalue weighted by Gasteiger charge is 2.22. The molecule has 0 bridgehead atoms. The molecule has 0 amide bonds. The number of hydrogen-bond donors (Lipinski definition) is 1. The summed E-state index contributed by atoms with van der Waals surface area (Å²) < 4.78 is 5.51. The van der Waals surface area contributed by atoms with E-state index in [0.717, 1.165) is 35.4 Å². The Bertz CT molecular complexity index is 638. The van der Waals surface area contributed by atoms with Crippen molar-refractivity contribution in [2.24, 2.45) is 0 Å². The third-order valence-electron chi connectivity index (χ3n) is 3.70. The van der Waals surface area contributed by atoms with Crippen LogP contribution in [0, 0.1) is 6.92 Å². The largest absolute Gasteiger partial charge is 0.496 e. The summed E-state index contributed by atoms with van der Waals surface area (Å²) in [5.74, 6) is 1.32. The van der Waals surface area contributed by atoms with Crippen molar-refractivity contribution in [2.45, 2.75) is 26.2 Å². The Labute approximate surface area is 112 Å². The molecule has 19 heavy (non-hydrogen) atoms. The van der Waals surface area contributed by atoms with Gasteiger partial charge in [0.2, 0.25) is 0 Å². The monoisotopic (exact) mass is 255 g/mol. The number of rotatable bonds is 2. The standard InChI is InChI=1S/C15H17N3O/c1-9-8-13(16)17-18-15(9)14-11-5-3-4-10(11)6-7-12(14)19-2/h6-8H,3-5H2,1-2H3,(H2,16,17). The van der Waals surface area contributed by atoms with Gasteiger partial charge in [-0.25, -0.2) is 0 Å². The topological polar surface area (TPSA) is 61.0 Å². The third-order valence-corrected chi connectivity index (χ3v) is 3.70. The lowest BCUT2D eigenvalue weighted by Crippen LogP contribution is -2.01. The number of methoxy groups -OCH3 is 1. The number of hydrogen-bond acceptors (Lipinski definition) is 4. The number of aryl methyl sites for hydroxylation is 2. The van der Waals surface area contributed by atoms with Gasteiger partial charge >= 0.3 is 0 Å². The van der Waals surface area contributed by atoms with E-state index < -0.39 is 0 Å². The van der Waals surface area contributed by atoms with Gasteiger partial charge in [-0.05, 0) is 55.0 Å². The number of anilines is 1. The first-order valence-electron chi connectivity index (χ1n) is 6.49. The number of nitrogens with zero attached hydrogens (tertiary/aromatic N) is 2. The minimum absolute atomic E-state index is 0.452. The minimum Gasteiger partial charge on any atom is -0.496 e. The fourth-order valence-electron chi connectivity index (χ4n) is 2.83. The number of fused-ring (bicyclic) bond motifs is 1. The molecule has 0 fully saturated rings. The molecule has 4 heteroatoms. The maximum Gasteiger partial charge on any atom is 0.146 e. The molecule has 1 aliphatic carbocycles. The maximum absolute atomic E-state index is 5.68. The Morgan fingerprint density at radius 1 is 1.21 bits per heavy atom. The van der Waals surface area contributed by atoms with Crippen LogP contribution in [0.2, 0.25) is 0 Å². The fourth-order valence-corrected chi connectivity index (χ4v) is 2.83. The smallest absolute Gasteiger partial charge is 0.146 e. The van der Waals surface area contributed by atoms with Crippen LogP contribution in [0.25, 0.3) is 11.3 Å². The Morgan fingerprint density at radius 2 is 2.05 bits per heavy atom. The number of aromatic nitrogens is 2. The summed E-state index contributed by atoms with van der Waals surface area (Å²) in [5.41, 5.74) is 11.4. The molecule has 1 heterocycles. The molecule has 0 atom stereocenters. The van der Waals surface area contributed by atoms with Gasteiger partial charge in [-0.15, -0.1) is 10.2 Å². The van der Waals surface area contributed by atoms with Crippen LogP contribution < -0.4 is 10.5 Å².